The molecule has 1 aromatic rings. The van der Waals surface area contributed by atoms with E-state index in [0.29, 0.717) is 11.7 Å². The minimum absolute atomic E-state index is 0.132. The van der Waals surface area contributed by atoms with Crippen molar-refractivity contribution in [3.8, 4) is 0 Å². The van der Waals surface area contributed by atoms with Crippen molar-refractivity contribution in [1.82, 2.24) is 20.5 Å². The number of nitrogens with zero attached hydrogens (tertiary/aromatic N) is 2. The number of amides is 1. The van der Waals surface area contributed by atoms with Gasteiger partial charge in [-0.25, -0.2) is 4.98 Å². The number of nitrogens with one attached hydrogen (secondary N) is 2. The Bertz CT molecular complexity index is 496. The van der Waals surface area contributed by atoms with E-state index in [2.05, 4.69) is 27.4 Å². The van der Waals surface area contributed by atoms with Gasteiger partial charge >= 0.3 is 0 Å². The monoisotopic (exact) mass is 294 g/mol. The van der Waals surface area contributed by atoms with E-state index in [1.807, 2.05) is 20.8 Å². The van der Waals surface area contributed by atoms with E-state index in [1.165, 1.54) is 0 Å². The van der Waals surface area contributed by atoms with Gasteiger partial charge in [-0.2, -0.15) is 0 Å². The van der Waals surface area contributed by atoms with Gasteiger partial charge in [0.1, 0.15) is 5.82 Å². The van der Waals surface area contributed by atoms with Gasteiger partial charge in [-0.15, -0.1) is 5.10 Å². The first-order valence-electron chi connectivity index (χ1n) is 7.63. The van der Waals surface area contributed by atoms with Gasteiger partial charge in [0.25, 0.3) is 5.91 Å². The first-order valence-corrected chi connectivity index (χ1v) is 7.63. The van der Waals surface area contributed by atoms with Crippen LogP contribution in [0.1, 0.15) is 69.8 Å². The van der Waals surface area contributed by atoms with Gasteiger partial charge in [-0.3, -0.25) is 9.89 Å². The number of hydrogen-bond donors (Lipinski definition) is 3. The van der Waals surface area contributed by atoms with Crippen molar-refractivity contribution < 1.29 is 9.90 Å². The third-order valence-corrected chi connectivity index (χ3v) is 4.18. The molecule has 0 bridgehead atoms. The second kappa shape index (κ2) is 5.75. The van der Waals surface area contributed by atoms with Crippen LogP contribution in [0.3, 0.4) is 0 Å². The van der Waals surface area contributed by atoms with E-state index >= 15 is 0 Å². The third kappa shape index (κ3) is 4.03. The van der Waals surface area contributed by atoms with Gasteiger partial charge in [0, 0.05) is 12.0 Å². The van der Waals surface area contributed by atoms with E-state index in [-0.39, 0.29) is 23.7 Å². The van der Waals surface area contributed by atoms with Crippen molar-refractivity contribution in [2.45, 2.75) is 64.4 Å². The van der Waals surface area contributed by atoms with E-state index in [1.54, 1.807) is 0 Å². The predicted molar refractivity (Wildman–Crippen MR) is 80.0 cm³/mol. The molecule has 0 saturated heterocycles. The lowest BCUT2D eigenvalue weighted by atomic mass is 9.79. The third-order valence-electron chi connectivity index (χ3n) is 4.18. The minimum atomic E-state index is -0.786. The van der Waals surface area contributed by atoms with Crippen LogP contribution in [0.2, 0.25) is 0 Å². The zero-order valence-electron chi connectivity index (χ0n) is 13.4. The second-order valence-corrected chi connectivity index (χ2v) is 7.35. The van der Waals surface area contributed by atoms with Crippen LogP contribution in [-0.2, 0) is 5.41 Å². The molecule has 1 amide bonds. The number of aliphatic hydroxyl groups is 1. The number of aromatic nitrogens is 3. The molecule has 6 nitrogen and oxygen atoms in total. The standard InChI is InChI=1S/C15H26N4O2/c1-10-5-7-15(21,8-6-10)9-16-12(20)11-17-13(19-18-11)14(2,3)4/h10,21H,5-9H2,1-4H3,(H,16,20)(H,17,18,19). The van der Waals surface area contributed by atoms with E-state index in [4.69, 9.17) is 0 Å². The molecule has 1 heterocycles. The Kier molecular flexibility index (Phi) is 4.37. The maximum Gasteiger partial charge on any atom is 0.291 e. The molecule has 0 unspecified atom stereocenters. The van der Waals surface area contributed by atoms with Crippen LogP contribution in [0, 0.1) is 5.92 Å². The number of H-pyrrole nitrogens is 1. The fourth-order valence-electron chi connectivity index (χ4n) is 2.50. The molecule has 3 N–H and O–H groups in total. The Hall–Kier alpha value is -1.43. The summed E-state index contributed by atoms with van der Waals surface area (Å²) in [4.78, 5) is 16.3. The molecule has 1 fully saturated rings. The molecule has 0 aromatic carbocycles. The first-order chi connectivity index (χ1) is 9.70. The summed E-state index contributed by atoms with van der Waals surface area (Å²) in [5.41, 5.74) is -0.964. The van der Waals surface area contributed by atoms with Gasteiger partial charge in [-0.1, -0.05) is 27.7 Å². The number of aromatic amines is 1. The fraction of sp³-hybridized carbons (Fsp3) is 0.800. The maximum absolute atomic E-state index is 12.1. The molecule has 6 heteroatoms. The summed E-state index contributed by atoms with van der Waals surface area (Å²) < 4.78 is 0. The zero-order valence-corrected chi connectivity index (χ0v) is 13.4. The van der Waals surface area contributed by atoms with Gasteiger partial charge in [0.2, 0.25) is 5.82 Å². The molecule has 0 spiro atoms. The van der Waals surface area contributed by atoms with E-state index in [0.717, 1.165) is 25.7 Å². The molecule has 1 aliphatic carbocycles. The normalized spacial score (nSPS) is 26.6. The van der Waals surface area contributed by atoms with Crippen LogP contribution < -0.4 is 5.32 Å². The van der Waals surface area contributed by atoms with Crippen molar-refractivity contribution in [2.75, 3.05) is 6.54 Å². The molecule has 21 heavy (non-hydrogen) atoms. The number of carbonyl (C=O) groups excluding carboxylic acids is 1. The average molecular weight is 294 g/mol. The number of rotatable bonds is 3. The highest BCUT2D eigenvalue weighted by atomic mass is 16.3. The van der Waals surface area contributed by atoms with Crippen molar-refractivity contribution in [2.24, 2.45) is 5.92 Å². The zero-order chi connectivity index (χ0) is 15.7. The molecule has 1 aromatic heterocycles. The van der Waals surface area contributed by atoms with Crippen LogP contribution >= 0.6 is 0 Å². The molecular formula is C15H26N4O2. The molecule has 0 radical (unpaired) electrons. The van der Waals surface area contributed by atoms with Gasteiger partial charge in [0.15, 0.2) is 0 Å². The molecule has 1 aliphatic rings. The molecule has 0 atom stereocenters. The Morgan fingerprint density at radius 1 is 1.43 bits per heavy atom. The predicted octanol–water partition coefficient (Wildman–Crippen LogP) is 1.77. The summed E-state index contributed by atoms with van der Waals surface area (Å²) in [6, 6.07) is 0. The maximum atomic E-state index is 12.1. The van der Waals surface area contributed by atoms with Crippen LogP contribution in [-0.4, -0.2) is 38.3 Å². The van der Waals surface area contributed by atoms with Crippen LogP contribution in [0.4, 0.5) is 0 Å². The first kappa shape index (κ1) is 15.9. The summed E-state index contributed by atoms with van der Waals surface area (Å²) in [5, 5.41) is 20.0. The number of carbonyl (C=O) groups is 1. The summed E-state index contributed by atoms with van der Waals surface area (Å²) in [6.45, 7) is 8.46. The molecule has 118 valence electrons. The molecule has 2 rings (SSSR count). The Morgan fingerprint density at radius 3 is 2.57 bits per heavy atom. The minimum Gasteiger partial charge on any atom is -0.388 e. The lowest BCUT2D eigenvalue weighted by Gasteiger charge is -2.34. The Morgan fingerprint density at radius 2 is 2.05 bits per heavy atom. The van der Waals surface area contributed by atoms with Crippen LogP contribution in [0.5, 0.6) is 0 Å². The lowest BCUT2D eigenvalue weighted by Crippen LogP contribution is -2.45. The molecule has 1 saturated carbocycles. The summed E-state index contributed by atoms with van der Waals surface area (Å²) >= 11 is 0. The summed E-state index contributed by atoms with van der Waals surface area (Å²) in [5.74, 6) is 1.13. The quantitative estimate of drug-likeness (QED) is 0.792. The second-order valence-electron chi connectivity index (χ2n) is 7.35. The Labute approximate surface area is 125 Å². The lowest BCUT2D eigenvalue weighted by molar-refractivity contribution is -0.00547. The average Bonchev–Trinajstić information content (AvgIpc) is 2.90. The van der Waals surface area contributed by atoms with Gasteiger partial charge in [-0.05, 0) is 31.6 Å². The molecule has 0 aliphatic heterocycles. The van der Waals surface area contributed by atoms with Crippen molar-refractivity contribution in [3.63, 3.8) is 0 Å². The van der Waals surface area contributed by atoms with Crippen LogP contribution in [0.15, 0.2) is 0 Å². The van der Waals surface area contributed by atoms with Crippen molar-refractivity contribution in [3.05, 3.63) is 11.6 Å². The summed E-state index contributed by atoms with van der Waals surface area (Å²) in [6.07, 6.45) is 3.47. The van der Waals surface area contributed by atoms with Gasteiger partial charge in [0.05, 0.1) is 5.60 Å². The number of hydrogen-bond acceptors (Lipinski definition) is 4. The highest BCUT2D eigenvalue weighted by molar-refractivity contribution is 5.90. The molecular weight excluding hydrogens is 268 g/mol. The Balaban J connectivity index is 1.91. The fourth-order valence-corrected chi connectivity index (χ4v) is 2.50. The largest absolute Gasteiger partial charge is 0.388 e. The smallest absolute Gasteiger partial charge is 0.291 e. The van der Waals surface area contributed by atoms with Crippen molar-refractivity contribution >= 4 is 5.91 Å². The van der Waals surface area contributed by atoms with Gasteiger partial charge < -0.3 is 10.4 Å². The van der Waals surface area contributed by atoms with E-state index in [9.17, 15) is 9.90 Å². The van der Waals surface area contributed by atoms with E-state index < -0.39 is 5.60 Å². The summed E-state index contributed by atoms with van der Waals surface area (Å²) in [7, 11) is 0. The highest BCUT2D eigenvalue weighted by Crippen LogP contribution is 2.31. The SMILES string of the molecule is CC1CCC(O)(CNC(=O)c2n[nH]c(C(C)(C)C)n2)CC1. The van der Waals surface area contributed by atoms with Crippen molar-refractivity contribution in [1.29, 1.82) is 0 Å². The topological polar surface area (TPSA) is 90.9 Å². The van der Waals surface area contributed by atoms with Crippen LogP contribution in [0.25, 0.3) is 0 Å². The highest BCUT2D eigenvalue weighted by Gasteiger charge is 2.32.